The van der Waals surface area contributed by atoms with Crippen molar-refractivity contribution in [2.45, 2.75) is 12.8 Å². The minimum atomic E-state index is -0.0489. The zero-order valence-electron chi connectivity index (χ0n) is 16.5. The second kappa shape index (κ2) is 9.76. The molecule has 0 aliphatic heterocycles. The van der Waals surface area contributed by atoms with Gasteiger partial charge in [0.25, 0.3) is 0 Å². The third-order valence-corrected chi connectivity index (χ3v) is 4.46. The normalized spacial score (nSPS) is 10.2. The van der Waals surface area contributed by atoms with Gasteiger partial charge < -0.3 is 24.3 Å². The van der Waals surface area contributed by atoms with Gasteiger partial charge in [0.2, 0.25) is 5.91 Å². The van der Waals surface area contributed by atoms with Crippen molar-refractivity contribution in [1.29, 1.82) is 0 Å². The lowest BCUT2D eigenvalue weighted by Crippen LogP contribution is -2.29. The molecule has 2 aromatic carbocycles. The topological polar surface area (TPSA) is 66.0 Å². The number of benzene rings is 2. The Kier molecular flexibility index (Phi) is 7.40. The van der Waals surface area contributed by atoms with E-state index in [0.29, 0.717) is 36.0 Å². The number of rotatable bonds is 9. The highest BCUT2D eigenvalue weighted by Gasteiger charge is 2.14. The van der Waals surface area contributed by atoms with Crippen molar-refractivity contribution in [3.05, 3.63) is 41.5 Å². The first-order chi connectivity index (χ1) is 13.0. The van der Waals surface area contributed by atoms with E-state index in [-0.39, 0.29) is 12.3 Å². The summed E-state index contributed by atoms with van der Waals surface area (Å²) in [6, 6.07) is 9.43. The van der Waals surface area contributed by atoms with Crippen LogP contribution in [-0.2, 0) is 17.6 Å². The monoisotopic (exact) mass is 371 g/mol. The predicted molar refractivity (Wildman–Crippen MR) is 108 cm³/mol. The molecule has 0 bridgehead atoms. The van der Waals surface area contributed by atoms with E-state index in [9.17, 15) is 4.79 Å². The maximum absolute atomic E-state index is 12.3. The van der Waals surface area contributed by atoms with Gasteiger partial charge in [-0.1, -0.05) is 18.2 Å². The summed E-state index contributed by atoms with van der Waals surface area (Å²) in [5, 5.41) is 2.95. The molecule has 1 N–H and O–H groups in total. The molecule has 0 spiro atoms. The van der Waals surface area contributed by atoms with Gasteiger partial charge in [-0.25, -0.2) is 0 Å². The van der Waals surface area contributed by atoms with Crippen molar-refractivity contribution in [3.8, 4) is 23.0 Å². The van der Waals surface area contributed by atoms with Crippen LogP contribution < -0.4 is 29.7 Å². The van der Waals surface area contributed by atoms with Gasteiger partial charge in [-0.15, -0.1) is 0 Å². The summed E-state index contributed by atoms with van der Waals surface area (Å²) in [5.41, 5.74) is 2.80. The number of ether oxygens (including phenoxy) is 4. The van der Waals surface area contributed by atoms with E-state index in [2.05, 4.69) is 5.32 Å². The van der Waals surface area contributed by atoms with E-state index in [1.165, 1.54) is 0 Å². The van der Waals surface area contributed by atoms with Gasteiger partial charge >= 0.3 is 0 Å². The van der Waals surface area contributed by atoms with Crippen LogP contribution in [0.15, 0.2) is 30.3 Å². The average molecular weight is 371 g/mol. The SMILES string of the molecule is Bc1c(CC(=O)NCCc2cccc(OC)c2OC)ccc(OC)c1OC. The number of hydrogen-bond acceptors (Lipinski definition) is 5. The molecule has 2 aromatic rings. The van der Waals surface area contributed by atoms with Crippen LogP contribution >= 0.6 is 0 Å². The lowest BCUT2D eigenvalue weighted by atomic mass is 9.87. The molecule has 0 heterocycles. The minimum Gasteiger partial charge on any atom is -0.493 e. The summed E-state index contributed by atoms with van der Waals surface area (Å²) in [6.07, 6.45) is 0.929. The van der Waals surface area contributed by atoms with Gasteiger partial charge in [-0.05, 0) is 35.1 Å². The maximum Gasteiger partial charge on any atom is 0.224 e. The molecule has 0 aliphatic carbocycles. The fourth-order valence-electron chi connectivity index (χ4n) is 3.04. The fourth-order valence-corrected chi connectivity index (χ4v) is 3.04. The predicted octanol–water partition coefficient (Wildman–Crippen LogP) is 0.881. The molecular weight excluding hydrogens is 345 g/mol. The average Bonchev–Trinajstić information content (AvgIpc) is 2.68. The van der Waals surface area contributed by atoms with Crippen LogP contribution in [0.5, 0.6) is 23.0 Å². The first-order valence-corrected chi connectivity index (χ1v) is 8.72. The van der Waals surface area contributed by atoms with Crippen molar-refractivity contribution in [2.24, 2.45) is 0 Å². The summed E-state index contributed by atoms with van der Waals surface area (Å²) in [5.74, 6) is 2.65. The van der Waals surface area contributed by atoms with Crippen LogP contribution in [-0.4, -0.2) is 48.7 Å². The summed E-state index contributed by atoms with van der Waals surface area (Å²) in [6.45, 7) is 0.509. The van der Waals surface area contributed by atoms with Crippen molar-refractivity contribution >= 4 is 19.2 Å². The lowest BCUT2D eigenvalue weighted by Gasteiger charge is -2.15. The zero-order chi connectivity index (χ0) is 19.8. The lowest BCUT2D eigenvalue weighted by molar-refractivity contribution is -0.120. The highest BCUT2D eigenvalue weighted by Crippen LogP contribution is 2.30. The minimum absolute atomic E-state index is 0.0489. The number of hydrogen-bond donors (Lipinski definition) is 1. The molecule has 0 aliphatic rings. The van der Waals surface area contributed by atoms with Crippen molar-refractivity contribution in [1.82, 2.24) is 5.32 Å². The van der Waals surface area contributed by atoms with Gasteiger partial charge in [-0.2, -0.15) is 0 Å². The second-order valence-electron chi connectivity index (χ2n) is 6.01. The van der Waals surface area contributed by atoms with Gasteiger partial charge in [-0.3, -0.25) is 4.79 Å². The fraction of sp³-hybridized carbons (Fsp3) is 0.350. The van der Waals surface area contributed by atoms with Crippen LogP contribution in [0.1, 0.15) is 11.1 Å². The molecule has 0 radical (unpaired) electrons. The van der Waals surface area contributed by atoms with Crippen LogP contribution in [0.25, 0.3) is 0 Å². The van der Waals surface area contributed by atoms with Crippen LogP contribution in [0.3, 0.4) is 0 Å². The molecule has 0 aromatic heterocycles. The van der Waals surface area contributed by atoms with E-state index in [1.807, 2.05) is 38.2 Å². The first kappa shape index (κ1) is 20.5. The number of nitrogens with one attached hydrogen (secondary N) is 1. The Bertz CT molecular complexity index is 794. The van der Waals surface area contributed by atoms with Gasteiger partial charge in [0.15, 0.2) is 23.0 Å². The second-order valence-corrected chi connectivity index (χ2v) is 6.01. The van der Waals surface area contributed by atoms with E-state index in [0.717, 1.165) is 16.6 Å². The number of amides is 1. The zero-order valence-corrected chi connectivity index (χ0v) is 16.5. The van der Waals surface area contributed by atoms with Crippen molar-refractivity contribution in [2.75, 3.05) is 35.0 Å². The van der Waals surface area contributed by atoms with Crippen LogP contribution in [0, 0.1) is 0 Å². The molecule has 0 fully saturated rings. The molecule has 0 unspecified atom stereocenters. The Labute approximate surface area is 161 Å². The summed E-state index contributed by atoms with van der Waals surface area (Å²) in [7, 11) is 8.33. The number of carbonyl (C=O) groups excluding carboxylic acids is 1. The summed E-state index contributed by atoms with van der Waals surface area (Å²) < 4.78 is 21.4. The quantitative estimate of drug-likeness (QED) is 0.663. The highest BCUT2D eigenvalue weighted by molar-refractivity contribution is 6.36. The third-order valence-electron chi connectivity index (χ3n) is 4.46. The van der Waals surface area contributed by atoms with Gasteiger partial charge in [0.05, 0.1) is 34.9 Å². The molecule has 0 saturated carbocycles. The van der Waals surface area contributed by atoms with Gasteiger partial charge in [0.1, 0.15) is 7.85 Å². The molecule has 2 rings (SSSR count). The van der Waals surface area contributed by atoms with E-state index in [1.54, 1.807) is 28.4 Å². The molecule has 0 atom stereocenters. The molecule has 7 heteroatoms. The summed E-state index contributed by atoms with van der Waals surface area (Å²) in [4.78, 5) is 12.3. The Balaban J connectivity index is 1.98. The Morgan fingerprint density at radius 1 is 0.889 bits per heavy atom. The molecule has 6 nitrogen and oxygen atoms in total. The molecule has 27 heavy (non-hydrogen) atoms. The van der Waals surface area contributed by atoms with Crippen molar-refractivity contribution < 1.29 is 23.7 Å². The molecule has 144 valence electrons. The standard InChI is InChI=1S/C20H26BNO5/c1-24-15-7-5-6-13(19(15)26-3)10-11-22-17(23)12-14-8-9-16(25-2)20(27-4)18(14)21/h5-9H,10-12,21H2,1-4H3,(H,22,23). The Hall–Kier alpha value is -2.83. The van der Waals surface area contributed by atoms with Crippen LogP contribution in [0.2, 0.25) is 0 Å². The van der Waals surface area contributed by atoms with E-state index in [4.69, 9.17) is 18.9 Å². The smallest absolute Gasteiger partial charge is 0.224 e. The number of para-hydroxylation sites is 1. The number of carbonyl (C=O) groups is 1. The first-order valence-electron chi connectivity index (χ1n) is 8.72. The van der Waals surface area contributed by atoms with E-state index < -0.39 is 0 Å². The Morgan fingerprint density at radius 3 is 2.19 bits per heavy atom. The van der Waals surface area contributed by atoms with E-state index >= 15 is 0 Å². The largest absolute Gasteiger partial charge is 0.493 e. The van der Waals surface area contributed by atoms with Crippen molar-refractivity contribution in [3.63, 3.8) is 0 Å². The van der Waals surface area contributed by atoms with Gasteiger partial charge in [0, 0.05) is 6.54 Å². The molecule has 1 amide bonds. The summed E-state index contributed by atoms with van der Waals surface area (Å²) >= 11 is 0. The van der Waals surface area contributed by atoms with Crippen LogP contribution in [0.4, 0.5) is 0 Å². The highest BCUT2D eigenvalue weighted by atomic mass is 16.5. The number of methoxy groups -OCH3 is 4. The molecular formula is C20H26BNO5. The maximum atomic E-state index is 12.3. The molecule has 0 saturated heterocycles. The third kappa shape index (κ3) is 4.87. The Morgan fingerprint density at radius 2 is 1.56 bits per heavy atom.